The fraction of sp³-hybridized carbons (Fsp3) is 0.737. The first-order chi connectivity index (χ1) is 26.0. The second-order valence-electron chi connectivity index (χ2n) is 14.3. The van der Waals surface area contributed by atoms with E-state index in [4.69, 9.17) is 10.2 Å². The van der Waals surface area contributed by atoms with Crippen LogP contribution < -0.4 is 26.6 Å². The lowest BCUT2D eigenvalue weighted by molar-refractivity contribution is -0.142. The van der Waals surface area contributed by atoms with Crippen molar-refractivity contribution in [3.05, 3.63) is 0 Å². The molecule has 55 heavy (non-hydrogen) atoms. The molecule has 5 rings (SSSR count). The number of amides is 5. The SMILES string of the molecule is CC(=O)C1CCCCC(=O)N1.CC(=O)[C@@H]1CCCCC(=O)N1.CC(=O)[C@H]1CCCCC(=O)N1.O=C1CCCC[C@@H](C(=O)O)N1.O=C1CCCC[C@H](C(=O)O)N1. The summed E-state index contributed by atoms with van der Waals surface area (Å²) in [5, 5.41) is 30.1. The molecule has 5 amide bonds. The molecule has 7 N–H and O–H groups in total. The van der Waals surface area contributed by atoms with E-state index in [0.717, 1.165) is 83.5 Å². The molecule has 0 saturated carbocycles. The highest BCUT2D eigenvalue weighted by atomic mass is 16.4. The second kappa shape index (κ2) is 27.0. The number of carbonyl (C=O) groups is 10. The average Bonchev–Trinajstić information content (AvgIpc) is 3.73. The van der Waals surface area contributed by atoms with Crippen molar-refractivity contribution in [2.45, 2.75) is 179 Å². The minimum Gasteiger partial charge on any atom is -0.480 e. The molecule has 17 heteroatoms. The molecule has 310 valence electrons. The van der Waals surface area contributed by atoms with Gasteiger partial charge in [-0.3, -0.25) is 38.4 Å². The van der Waals surface area contributed by atoms with Crippen LogP contribution in [0.1, 0.15) is 149 Å². The largest absolute Gasteiger partial charge is 0.480 e. The molecule has 0 aromatic carbocycles. The Hall–Kier alpha value is -4.70. The normalized spacial score (nSPS) is 25.5. The first kappa shape index (κ1) is 48.3. The van der Waals surface area contributed by atoms with E-state index < -0.39 is 24.0 Å². The third kappa shape index (κ3) is 22.3. The van der Waals surface area contributed by atoms with Crippen molar-refractivity contribution in [3.63, 3.8) is 0 Å². The van der Waals surface area contributed by atoms with Gasteiger partial charge >= 0.3 is 11.9 Å². The Balaban J connectivity index is 0.000000344. The van der Waals surface area contributed by atoms with Crippen LogP contribution in [0.25, 0.3) is 0 Å². The van der Waals surface area contributed by atoms with Gasteiger partial charge in [-0.1, -0.05) is 32.1 Å². The quantitative estimate of drug-likeness (QED) is 0.212. The zero-order chi connectivity index (χ0) is 41.3. The Labute approximate surface area is 322 Å². The minimum absolute atomic E-state index is 0.0164. The Bertz CT molecular complexity index is 1120. The van der Waals surface area contributed by atoms with E-state index in [2.05, 4.69) is 26.6 Å². The highest BCUT2D eigenvalue weighted by Gasteiger charge is 2.24. The van der Waals surface area contributed by atoms with Gasteiger partial charge in [-0.05, 0) is 85.0 Å². The van der Waals surface area contributed by atoms with Crippen LogP contribution in [0, 0.1) is 0 Å². The van der Waals surface area contributed by atoms with Crippen LogP contribution in [0.2, 0.25) is 0 Å². The molecule has 5 saturated heterocycles. The number of hydrogen-bond acceptors (Lipinski definition) is 10. The van der Waals surface area contributed by atoms with Crippen LogP contribution in [0.4, 0.5) is 0 Å². The van der Waals surface area contributed by atoms with Crippen molar-refractivity contribution >= 4 is 58.8 Å². The molecule has 0 spiro atoms. The number of carboxylic acid groups (broad SMARTS) is 2. The zero-order valence-corrected chi connectivity index (χ0v) is 32.5. The van der Waals surface area contributed by atoms with Crippen molar-refractivity contribution in [2.24, 2.45) is 0 Å². The van der Waals surface area contributed by atoms with Crippen LogP contribution >= 0.6 is 0 Å². The van der Waals surface area contributed by atoms with E-state index in [1.807, 2.05) is 0 Å². The molecule has 5 atom stereocenters. The number of ketones is 3. The Morgan fingerprint density at radius 1 is 0.364 bits per heavy atom. The maximum absolute atomic E-state index is 10.9. The fourth-order valence-electron chi connectivity index (χ4n) is 6.15. The molecule has 5 heterocycles. The van der Waals surface area contributed by atoms with Gasteiger partial charge in [0.25, 0.3) is 0 Å². The van der Waals surface area contributed by atoms with E-state index in [9.17, 15) is 47.9 Å². The summed E-state index contributed by atoms with van der Waals surface area (Å²) >= 11 is 0. The van der Waals surface area contributed by atoms with Crippen LogP contribution in [0.5, 0.6) is 0 Å². The molecule has 1 unspecified atom stereocenters. The summed E-state index contributed by atoms with van der Waals surface area (Å²) in [6.07, 6.45) is 15.1. The number of nitrogens with one attached hydrogen (secondary N) is 5. The molecule has 17 nitrogen and oxygen atoms in total. The van der Waals surface area contributed by atoms with Crippen molar-refractivity contribution < 1.29 is 58.2 Å². The lowest BCUT2D eigenvalue weighted by Crippen LogP contribution is -2.38. The molecule has 0 aromatic rings. The molecule has 0 bridgehead atoms. The molecule has 5 fully saturated rings. The van der Waals surface area contributed by atoms with Crippen LogP contribution in [0.3, 0.4) is 0 Å². The summed E-state index contributed by atoms with van der Waals surface area (Å²) < 4.78 is 0. The lowest BCUT2D eigenvalue weighted by atomic mass is 10.1. The molecular weight excluding hydrogens is 718 g/mol. The highest BCUT2D eigenvalue weighted by Crippen LogP contribution is 2.12. The van der Waals surface area contributed by atoms with E-state index in [1.54, 1.807) is 0 Å². The van der Waals surface area contributed by atoms with Gasteiger partial charge in [-0.15, -0.1) is 0 Å². The van der Waals surface area contributed by atoms with E-state index >= 15 is 0 Å². The van der Waals surface area contributed by atoms with Crippen molar-refractivity contribution in [3.8, 4) is 0 Å². The molecule has 0 aliphatic carbocycles. The van der Waals surface area contributed by atoms with E-state index in [1.165, 1.54) is 20.8 Å². The maximum Gasteiger partial charge on any atom is 0.326 e. The van der Waals surface area contributed by atoms with Gasteiger partial charge in [0.1, 0.15) is 12.1 Å². The van der Waals surface area contributed by atoms with Gasteiger partial charge in [-0.2, -0.15) is 0 Å². The van der Waals surface area contributed by atoms with Crippen LogP contribution in [-0.4, -0.2) is 99.2 Å². The Morgan fingerprint density at radius 2 is 0.545 bits per heavy atom. The summed E-state index contributed by atoms with van der Waals surface area (Å²) in [7, 11) is 0. The van der Waals surface area contributed by atoms with Crippen LogP contribution in [0.15, 0.2) is 0 Å². The molecule has 0 radical (unpaired) electrons. The summed E-state index contributed by atoms with van der Waals surface area (Å²) in [6, 6.07) is -1.98. The first-order valence-electron chi connectivity index (χ1n) is 19.4. The summed E-state index contributed by atoms with van der Waals surface area (Å²) in [5.41, 5.74) is 0. The number of carboxylic acids is 2. The predicted octanol–water partition coefficient (Wildman–Crippen LogP) is 2.16. The van der Waals surface area contributed by atoms with E-state index in [-0.39, 0.29) is 65.0 Å². The smallest absolute Gasteiger partial charge is 0.326 e. The third-order valence-corrected chi connectivity index (χ3v) is 9.48. The zero-order valence-electron chi connectivity index (χ0n) is 32.5. The molecule has 5 aliphatic rings. The first-order valence-corrected chi connectivity index (χ1v) is 19.4. The van der Waals surface area contributed by atoms with Gasteiger partial charge in [0.15, 0.2) is 17.3 Å². The van der Waals surface area contributed by atoms with Crippen molar-refractivity contribution in [1.82, 2.24) is 26.6 Å². The molecule has 5 aliphatic heterocycles. The number of hydrogen-bond donors (Lipinski definition) is 7. The van der Waals surface area contributed by atoms with Gasteiger partial charge < -0.3 is 36.8 Å². The predicted molar refractivity (Wildman–Crippen MR) is 199 cm³/mol. The standard InChI is InChI=1S/3C8H13NO2.2C7H11NO3/c3*1-6(10)7-4-2-3-5-8(11)9-7;2*9-6-4-2-1-3-5(8-6)7(10)11/h3*7H,2-5H2,1H3,(H,9,11);2*5H,1-4H2,(H,8,9)(H,10,11)/t2*7-;;2*5-/m10.10/s1. The molecule has 0 aromatic heterocycles. The fourth-order valence-corrected chi connectivity index (χ4v) is 6.15. The van der Waals surface area contributed by atoms with Crippen molar-refractivity contribution in [1.29, 1.82) is 0 Å². The molecular formula is C38H61N5O12. The topological polar surface area (TPSA) is 271 Å². The maximum atomic E-state index is 10.9. The highest BCUT2D eigenvalue weighted by molar-refractivity contribution is 5.89. The third-order valence-electron chi connectivity index (χ3n) is 9.48. The van der Waals surface area contributed by atoms with Crippen LogP contribution in [-0.2, 0) is 47.9 Å². The minimum atomic E-state index is -0.930. The summed E-state index contributed by atoms with van der Waals surface area (Å²) in [6.45, 7) is 4.57. The Kier molecular flexibility index (Phi) is 23.7. The monoisotopic (exact) mass is 779 g/mol. The van der Waals surface area contributed by atoms with Gasteiger partial charge in [0.2, 0.25) is 29.5 Å². The number of carbonyl (C=O) groups excluding carboxylic acids is 8. The van der Waals surface area contributed by atoms with Gasteiger partial charge in [-0.25, -0.2) is 9.59 Å². The second-order valence-corrected chi connectivity index (χ2v) is 14.3. The van der Waals surface area contributed by atoms with E-state index in [0.29, 0.717) is 44.9 Å². The number of rotatable bonds is 5. The Morgan fingerprint density at radius 3 is 0.727 bits per heavy atom. The summed E-state index contributed by atoms with van der Waals surface area (Å²) in [4.78, 5) is 108. The van der Waals surface area contributed by atoms with Gasteiger partial charge in [0.05, 0.1) is 18.1 Å². The summed E-state index contributed by atoms with van der Waals surface area (Å²) in [5.74, 6) is -1.89. The lowest BCUT2D eigenvalue weighted by Gasteiger charge is -2.10. The average molecular weight is 780 g/mol. The number of aliphatic carboxylic acids is 2. The van der Waals surface area contributed by atoms with Gasteiger partial charge in [0, 0.05) is 32.1 Å². The van der Waals surface area contributed by atoms with Crippen molar-refractivity contribution in [2.75, 3.05) is 0 Å². The number of Topliss-reactive ketones (excluding diaryl/α,β-unsaturated/α-hetero) is 3.